The van der Waals surface area contributed by atoms with Crippen molar-refractivity contribution in [3.05, 3.63) is 71.3 Å². The first-order valence-electron chi connectivity index (χ1n) is 9.31. The SMILES string of the molecule is Cc1cc2nc3ccc(N(C)C)cc3nc2cc1N1C(=O)c2ccccc2C1=O. The van der Waals surface area contributed by atoms with Crippen LogP contribution in [0.15, 0.2) is 54.6 Å². The van der Waals surface area contributed by atoms with Crippen molar-refractivity contribution in [1.29, 1.82) is 0 Å². The summed E-state index contributed by atoms with van der Waals surface area (Å²) in [6, 6.07) is 16.5. The third-order valence-electron chi connectivity index (χ3n) is 5.29. The maximum Gasteiger partial charge on any atom is 0.266 e. The summed E-state index contributed by atoms with van der Waals surface area (Å²) in [6.45, 7) is 1.87. The molecule has 0 unspecified atom stereocenters. The first kappa shape index (κ1) is 17.3. The van der Waals surface area contributed by atoms with Gasteiger partial charge in [0.1, 0.15) is 0 Å². The van der Waals surface area contributed by atoms with Gasteiger partial charge in [-0.05, 0) is 55.0 Å². The lowest BCUT2D eigenvalue weighted by Crippen LogP contribution is -2.30. The van der Waals surface area contributed by atoms with Crippen LogP contribution in [-0.4, -0.2) is 35.9 Å². The molecule has 1 aliphatic heterocycles. The van der Waals surface area contributed by atoms with Gasteiger partial charge in [0.25, 0.3) is 11.8 Å². The summed E-state index contributed by atoms with van der Waals surface area (Å²) in [5.41, 5.74) is 6.16. The van der Waals surface area contributed by atoms with Gasteiger partial charge in [-0.25, -0.2) is 14.9 Å². The van der Waals surface area contributed by atoms with Crippen molar-refractivity contribution < 1.29 is 9.59 Å². The van der Waals surface area contributed by atoms with E-state index in [1.165, 1.54) is 4.90 Å². The summed E-state index contributed by atoms with van der Waals surface area (Å²) in [5.74, 6) is -0.617. The molecule has 2 amide bonds. The molecule has 4 aromatic rings. The van der Waals surface area contributed by atoms with Gasteiger partial charge in [-0.3, -0.25) is 9.59 Å². The van der Waals surface area contributed by atoms with Crippen LogP contribution in [0.3, 0.4) is 0 Å². The maximum absolute atomic E-state index is 12.9. The van der Waals surface area contributed by atoms with Crippen LogP contribution in [0.25, 0.3) is 22.1 Å². The second-order valence-electron chi connectivity index (χ2n) is 7.41. The second-order valence-corrected chi connectivity index (χ2v) is 7.41. The Balaban J connectivity index is 1.69. The van der Waals surface area contributed by atoms with Gasteiger partial charge in [-0.15, -0.1) is 0 Å². The number of hydrogen-bond donors (Lipinski definition) is 0. The van der Waals surface area contributed by atoms with Crippen LogP contribution in [0.2, 0.25) is 0 Å². The molecule has 0 spiro atoms. The van der Waals surface area contributed by atoms with Crippen molar-refractivity contribution in [2.24, 2.45) is 0 Å². The molecule has 0 fully saturated rings. The minimum Gasteiger partial charge on any atom is -0.378 e. The van der Waals surface area contributed by atoms with Crippen LogP contribution in [0.5, 0.6) is 0 Å². The average molecular weight is 382 g/mol. The van der Waals surface area contributed by atoms with E-state index in [0.717, 1.165) is 27.8 Å². The van der Waals surface area contributed by atoms with Gasteiger partial charge in [0, 0.05) is 19.8 Å². The molecule has 6 heteroatoms. The first-order chi connectivity index (χ1) is 13.9. The zero-order chi connectivity index (χ0) is 20.3. The van der Waals surface area contributed by atoms with E-state index in [-0.39, 0.29) is 11.8 Å². The van der Waals surface area contributed by atoms with Crippen molar-refractivity contribution >= 4 is 45.3 Å². The highest BCUT2D eigenvalue weighted by Crippen LogP contribution is 2.33. The van der Waals surface area contributed by atoms with Gasteiger partial charge in [-0.1, -0.05) is 12.1 Å². The summed E-state index contributed by atoms with van der Waals surface area (Å²) in [5, 5.41) is 0. The number of carbonyl (C=O) groups excluding carboxylic acids is 2. The highest BCUT2D eigenvalue weighted by Gasteiger charge is 2.37. The van der Waals surface area contributed by atoms with Gasteiger partial charge in [0.2, 0.25) is 0 Å². The molecule has 0 aliphatic carbocycles. The Morgan fingerprint density at radius 3 is 2.00 bits per heavy atom. The molecule has 5 rings (SSSR count). The molecule has 0 saturated carbocycles. The fourth-order valence-electron chi connectivity index (χ4n) is 3.73. The molecule has 29 heavy (non-hydrogen) atoms. The zero-order valence-corrected chi connectivity index (χ0v) is 16.3. The number of anilines is 2. The number of carbonyl (C=O) groups is 2. The van der Waals surface area contributed by atoms with Crippen LogP contribution >= 0.6 is 0 Å². The Morgan fingerprint density at radius 2 is 1.34 bits per heavy atom. The monoisotopic (exact) mass is 382 g/mol. The van der Waals surface area contributed by atoms with Gasteiger partial charge in [-0.2, -0.15) is 0 Å². The van der Waals surface area contributed by atoms with E-state index < -0.39 is 0 Å². The van der Waals surface area contributed by atoms with Crippen LogP contribution in [0.4, 0.5) is 11.4 Å². The van der Waals surface area contributed by atoms with E-state index in [1.54, 1.807) is 30.3 Å². The molecular formula is C23H18N4O2. The number of imide groups is 1. The van der Waals surface area contributed by atoms with E-state index in [9.17, 15) is 9.59 Å². The van der Waals surface area contributed by atoms with E-state index in [1.807, 2.05) is 50.2 Å². The molecule has 0 atom stereocenters. The minimum atomic E-state index is -0.309. The Bertz CT molecular complexity index is 1310. The Hall–Kier alpha value is -3.80. The number of benzene rings is 3. The topological polar surface area (TPSA) is 66.4 Å². The standard InChI is InChI=1S/C23H18N4O2/c1-13-10-18-20(25-19-11-14(26(2)3)8-9-17(19)24-18)12-21(13)27-22(28)15-6-4-5-7-16(15)23(27)29/h4-12H,1-3H3. The van der Waals surface area contributed by atoms with Gasteiger partial charge in [0.05, 0.1) is 38.9 Å². The second kappa shape index (κ2) is 6.10. The minimum absolute atomic E-state index is 0.309. The molecule has 0 N–H and O–H groups in total. The summed E-state index contributed by atoms with van der Waals surface area (Å²) >= 11 is 0. The maximum atomic E-state index is 12.9. The van der Waals surface area contributed by atoms with Gasteiger partial charge >= 0.3 is 0 Å². The number of aryl methyl sites for hydroxylation is 1. The van der Waals surface area contributed by atoms with Crippen molar-refractivity contribution in [3.63, 3.8) is 0 Å². The van der Waals surface area contributed by atoms with E-state index in [2.05, 4.69) is 0 Å². The van der Waals surface area contributed by atoms with Crippen LogP contribution in [0.1, 0.15) is 26.3 Å². The fourth-order valence-corrected chi connectivity index (χ4v) is 3.73. The summed E-state index contributed by atoms with van der Waals surface area (Å²) in [4.78, 5) is 38.5. The molecule has 6 nitrogen and oxygen atoms in total. The predicted molar refractivity (Wildman–Crippen MR) is 114 cm³/mol. The third kappa shape index (κ3) is 2.56. The molecule has 1 aromatic heterocycles. The predicted octanol–water partition coefficient (Wildman–Crippen LogP) is 3.96. The molecule has 0 saturated heterocycles. The lowest BCUT2D eigenvalue weighted by Gasteiger charge is -2.17. The van der Waals surface area contributed by atoms with E-state index in [4.69, 9.17) is 9.97 Å². The number of nitrogens with zero attached hydrogens (tertiary/aromatic N) is 4. The summed E-state index contributed by atoms with van der Waals surface area (Å²) < 4.78 is 0. The number of hydrogen-bond acceptors (Lipinski definition) is 5. The van der Waals surface area contributed by atoms with Crippen LogP contribution in [-0.2, 0) is 0 Å². The van der Waals surface area contributed by atoms with Crippen molar-refractivity contribution in [1.82, 2.24) is 9.97 Å². The van der Waals surface area contributed by atoms with Crippen molar-refractivity contribution in [3.8, 4) is 0 Å². The van der Waals surface area contributed by atoms with E-state index in [0.29, 0.717) is 22.3 Å². The average Bonchev–Trinajstić information content (AvgIpc) is 2.96. The highest BCUT2D eigenvalue weighted by atomic mass is 16.2. The molecule has 0 radical (unpaired) electrons. The van der Waals surface area contributed by atoms with Gasteiger partial charge < -0.3 is 4.90 Å². The van der Waals surface area contributed by atoms with Crippen LogP contribution in [0, 0.1) is 6.92 Å². The molecule has 0 bridgehead atoms. The van der Waals surface area contributed by atoms with Gasteiger partial charge in [0.15, 0.2) is 0 Å². The Kier molecular flexibility index (Phi) is 3.64. The Labute approximate surface area is 167 Å². The number of amides is 2. The fraction of sp³-hybridized carbons (Fsp3) is 0.130. The quantitative estimate of drug-likeness (QED) is 0.388. The lowest BCUT2D eigenvalue weighted by molar-refractivity contribution is 0.0926. The normalized spacial score (nSPS) is 13.4. The number of aromatic nitrogens is 2. The third-order valence-corrected chi connectivity index (χ3v) is 5.29. The first-order valence-corrected chi connectivity index (χ1v) is 9.31. The Morgan fingerprint density at radius 1 is 0.759 bits per heavy atom. The zero-order valence-electron chi connectivity index (χ0n) is 16.3. The lowest BCUT2D eigenvalue weighted by atomic mass is 10.1. The van der Waals surface area contributed by atoms with Crippen molar-refractivity contribution in [2.45, 2.75) is 6.92 Å². The molecule has 1 aliphatic rings. The number of fused-ring (bicyclic) bond motifs is 3. The number of rotatable bonds is 2. The molecule has 3 aromatic carbocycles. The van der Waals surface area contributed by atoms with E-state index >= 15 is 0 Å². The van der Waals surface area contributed by atoms with Crippen molar-refractivity contribution in [2.75, 3.05) is 23.9 Å². The summed E-state index contributed by atoms with van der Waals surface area (Å²) in [6.07, 6.45) is 0. The highest BCUT2D eigenvalue weighted by molar-refractivity contribution is 6.34. The molecular weight excluding hydrogens is 364 g/mol. The smallest absolute Gasteiger partial charge is 0.266 e. The molecule has 142 valence electrons. The van der Waals surface area contributed by atoms with Crippen LogP contribution < -0.4 is 9.80 Å². The molecule has 2 heterocycles. The largest absolute Gasteiger partial charge is 0.378 e. The summed E-state index contributed by atoms with van der Waals surface area (Å²) in [7, 11) is 3.94.